The van der Waals surface area contributed by atoms with Crippen LogP contribution in [0.5, 0.6) is 11.5 Å². The van der Waals surface area contributed by atoms with Gasteiger partial charge in [0.15, 0.2) is 0 Å². The lowest BCUT2D eigenvalue weighted by atomic mass is 9.55. The quantitative estimate of drug-likeness (QED) is 0.0609. The second-order valence-corrected chi connectivity index (χ2v) is 15.0. The Morgan fingerprint density at radius 1 is 1.08 bits per heavy atom. The van der Waals surface area contributed by atoms with Crippen molar-refractivity contribution in [1.29, 1.82) is 0 Å². The molecule has 1 saturated heterocycles. The van der Waals surface area contributed by atoms with Crippen LogP contribution in [0, 0.1) is 23.7 Å². The lowest BCUT2D eigenvalue weighted by Crippen LogP contribution is -2.70. The van der Waals surface area contributed by atoms with Gasteiger partial charge < -0.3 is 44.0 Å². The highest BCUT2D eigenvalue weighted by Crippen LogP contribution is 2.62. The first-order valence-corrected chi connectivity index (χ1v) is 20.0. The number of rotatable bonds is 24. The highest BCUT2D eigenvalue weighted by Gasteiger charge is 2.65. The number of allylic oxidation sites excluding steroid dienone is 1. The first-order chi connectivity index (χ1) is 26.0. The van der Waals surface area contributed by atoms with E-state index in [2.05, 4.69) is 23.6 Å². The number of aliphatic hydroxyl groups excluding tert-OH is 3. The molecule has 53 heavy (non-hydrogen) atoms. The van der Waals surface area contributed by atoms with Crippen molar-refractivity contribution in [2.45, 2.75) is 82.5 Å². The minimum absolute atomic E-state index is 0.0469. The minimum Gasteiger partial charge on any atom is -0.492 e. The molecule has 2 heterocycles. The van der Waals surface area contributed by atoms with Gasteiger partial charge in [0.05, 0.1) is 38.1 Å². The normalized spacial score (nSPS) is 28.0. The van der Waals surface area contributed by atoms with E-state index in [-0.39, 0.29) is 75.1 Å². The molecule has 12 heteroatoms. The molecule has 0 aromatic heterocycles. The van der Waals surface area contributed by atoms with Crippen molar-refractivity contribution in [2.24, 2.45) is 28.8 Å². The number of amides is 1. The van der Waals surface area contributed by atoms with E-state index in [0.717, 1.165) is 87.2 Å². The van der Waals surface area contributed by atoms with Crippen LogP contribution in [0.3, 0.4) is 0 Å². The molecule has 0 radical (unpaired) electrons. The Bertz CT molecular complexity index is 1430. The van der Waals surface area contributed by atoms with Crippen LogP contribution >= 0.6 is 0 Å². The lowest BCUT2D eigenvalue weighted by molar-refractivity contribution is -0.258. The third kappa shape index (κ3) is 9.28. The molecule has 5 aliphatic rings. The highest BCUT2D eigenvalue weighted by atomic mass is 16.7. The van der Waals surface area contributed by atoms with Crippen LogP contribution < -0.4 is 9.47 Å². The van der Waals surface area contributed by atoms with Crippen molar-refractivity contribution in [1.82, 2.24) is 9.80 Å². The average molecular weight is 740 g/mol. The van der Waals surface area contributed by atoms with Gasteiger partial charge in [0.1, 0.15) is 30.8 Å². The van der Waals surface area contributed by atoms with E-state index >= 15 is 0 Å². The number of carbonyl (C=O) groups is 1. The predicted octanol–water partition coefficient (Wildman–Crippen LogP) is 4.28. The molecule has 1 aromatic carbocycles. The van der Waals surface area contributed by atoms with E-state index in [4.69, 9.17) is 28.9 Å². The van der Waals surface area contributed by atoms with Gasteiger partial charge in [0.2, 0.25) is 11.7 Å². The van der Waals surface area contributed by atoms with Crippen LogP contribution in [0.15, 0.2) is 47.7 Å². The molecule has 3 aliphatic carbocycles. The van der Waals surface area contributed by atoms with Crippen molar-refractivity contribution in [3.63, 3.8) is 0 Å². The van der Waals surface area contributed by atoms with E-state index in [1.807, 2.05) is 24.0 Å². The van der Waals surface area contributed by atoms with Crippen LogP contribution in [0.1, 0.15) is 76.2 Å². The number of oxime groups is 1. The molecule has 0 spiro atoms. The molecule has 294 valence electrons. The van der Waals surface area contributed by atoms with Gasteiger partial charge in [-0.05, 0) is 81.1 Å². The first-order valence-electron chi connectivity index (χ1n) is 20.0. The maximum absolute atomic E-state index is 14.3. The zero-order valence-electron chi connectivity index (χ0n) is 31.5. The Morgan fingerprint density at radius 2 is 1.87 bits per heavy atom. The first kappa shape index (κ1) is 39.7. The molecular weight excluding hydrogens is 678 g/mol. The second kappa shape index (κ2) is 19.0. The molecular formula is C41H61N3O9. The van der Waals surface area contributed by atoms with E-state index in [0.29, 0.717) is 38.3 Å². The van der Waals surface area contributed by atoms with Gasteiger partial charge in [-0.25, -0.2) is 0 Å². The highest BCUT2D eigenvalue weighted by molar-refractivity contribution is 6.03. The fraction of sp³-hybridized carbons (Fsp3) is 0.707. The Balaban J connectivity index is 1.52. The summed E-state index contributed by atoms with van der Waals surface area (Å²) < 4.78 is 26.4. The molecule has 6 atom stereocenters. The predicted molar refractivity (Wildman–Crippen MR) is 201 cm³/mol. The third-order valence-electron chi connectivity index (χ3n) is 11.5. The van der Waals surface area contributed by atoms with E-state index in [1.54, 1.807) is 6.08 Å². The number of ether oxygens (including phenoxy) is 4. The summed E-state index contributed by atoms with van der Waals surface area (Å²) in [6.45, 7) is 11.2. The second-order valence-electron chi connectivity index (χ2n) is 15.0. The van der Waals surface area contributed by atoms with Crippen molar-refractivity contribution in [2.75, 3.05) is 79.0 Å². The topological polar surface area (TPSA) is 143 Å². The molecule has 3 N–H and O–H groups in total. The van der Waals surface area contributed by atoms with E-state index in [1.165, 1.54) is 0 Å². The zero-order chi connectivity index (χ0) is 37.2. The number of benzene rings is 1. The monoisotopic (exact) mass is 739 g/mol. The number of aliphatic hydroxyl groups is 3. The standard InChI is InChI=1S/C41H61N3O9/c1-3-22-51-41-37(44(18-23-49-25-21-47)40(48)29-11-12-29)28-35(42-52-4-2)33-26-30(9-5-7-19-45)32(10-6-8-20-46)38(39(33)41)34-27-31(13-14-36(34)53-41)50-24-17-43-15-16-43/h3,13-14,26-27,29-30,32,37-39,45-47H,1,4-12,15-25,28H2,2H3. The maximum Gasteiger partial charge on any atom is 0.239 e. The van der Waals surface area contributed by atoms with Gasteiger partial charge in [0, 0.05) is 63.2 Å². The summed E-state index contributed by atoms with van der Waals surface area (Å²) >= 11 is 0. The van der Waals surface area contributed by atoms with Crippen LogP contribution in [0.2, 0.25) is 0 Å². The van der Waals surface area contributed by atoms with Gasteiger partial charge >= 0.3 is 0 Å². The van der Waals surface area contributed by atoms with Gasteiger partial charge in [-0.1, -0.05) is 30.1 Å². The fourth-order valence-corrected chi connectivity index (χ4v) is 8.78. The van der Waals surface area contributed by atoms with Crippen LogP contribution in [-0.2, 0) is 19.1 Å². The fourth-order valence-electron chi connectivity index (χ4n) is 8.78. The SMILES string of the molecule is C=CCOC12Oc3ccc(OCCN4CC4)cc3C3C(CCCCO)C(CCCCO)C=C(C(=NOCC)CC1N(CCOCCO)C(=O)C1CC1)C32. The average Bonchev–Trinajstić information content (AvgIpc) is 4.11. The van der Waals surface area contributed by atoms with Gasteiger partial charge in [-0.15, -0.1) is 6.58 Å². The van der Waals surface area contributed by atoms with Gasteiger partial charge in [0.25, 0.3) is 0 Å². The molecule has 0 bridgehead atoms. The maximum atomic E-state index is 14.3. The van der Waals surface area contributed by atoms with Crippen molar-refractivity contribution >= 4 is 11.6 Å². The molecule has 1 aromatic rings. The lowest BCUT2D eigenvalue weighted by Gasteiger charge is -2.60. The Kier molecular flexibility index (Phi) is 14.3. The van der Waals surface area contributed by atoms with Crippen molar-refractivity contribution in [3.8, 4) is 11.5 Å². The number of hydrogen-bond acceptors (Lipinski definition) is 11. The van der Waals surface area contributed by atoms with Crippen molar-refractivity contribution in [3.05, 3.63) is 48.1 Å². The number of fused-ring (bicyclic) bond motifs is 2. The largest absolute Gasteiger partial charge is 0.492 e. The summed E-state index contributed by atoms with van der Waals surface area (Å²) in [6.07, 6.45) is 11.0. The summed E-state index contributed by atoms with van der Waals surface area (Å²) in [5, 5.41) is 33.8. The van der Waals surface area contributed by atoms with E-state index < -0.39 is 11.8 Å². The van der Waals surface area contributed by atoms with Crippen LogP contribution in [0.4, 0.5) is 0 Å². The van der Waals surface area contributed by atoms with E-state index in [9.17, 15) is 20.1 Å². The number of nitrogens with zero attached hydrogens (tertiary/aromatic N) is 3. The van der Waals surface area contributed by atoms with Crippen molar-refractivity contribution < 1.29 is 43.9 Å². The smallest absolute Gasteiger partial charge is 0.239 e. The molecule has 12 nitrogen and oxygen atoms in total. The molecule has 6 rings (SSSR count). The molecule has 3 fully saturated rings. The third-order valence-corrected chi connectivity index (χ3v) is 11.5. The summed E-state index contributed by atoms with van der Waals surface area (Å²) in [5.74, 6) is 0.0230. The zero-order valence-corrected chi connectivity index (χ0v) is 31.5. The number of hydrogen-bond donors (Lipinski definition) is 3. The molecule has 2 aliphatic heterocycles. The Hall–Kier alpha value is -3.00. The molecule has 6 unspecified atom stereocenters. The van der Waals surface area contributed by atoms with Crippen LogP contribution in [0.25, 0.3) is 0 Å². The number of unbranched alkanes of at least 4 members (excludes halogenated alkanes) is 2. The Labute approximate surface area is 314 Å². The summed E-state index contributed by atoms with van der Waals surface area (Å²) in [6, 6.07) is 5.54. The summed E-state index contributed by atoms with van der Waals surface area (Å²) in [4.78, 5) is 24.4. The Morgan fingerprint density at radius 3 is 2.57 bits per heavy atom. The van der Waals surface area contributed by atoms with Crippen LogP contribution in [-0.4, -0.2) is 128 Å². The minimum atomic E-state index is -1.29. The van der Waals surface area contributed by atoms with Gasteiger partial charge in [-0.2, -0.15) is 0 Å². The molecule has 2 saturated carbocycles. The summed E-state index contributed by atoms with van der Waals surface area (Å²) in [5.41, 5.74) is 2.85. The number of carbonyl (C=O) groups excluding carboxylic acids is 1. The molecule has 1 amide bonds. The van der Waals surface area contributed by atoms with Gasteiger partial charge in [-0.3, -0.25) is 9.69 Å². The summed E-state index contributed by atoms with van der Waals surface area (Å²) in [7, 11) is 0.